The first-order valence-corrected chi connectivity index (χ1v) is 6.57. The van der Waals surface area contributed by atoms with E-state index < -0.39 is 0 Å². The second-order valence-electron chi connectivity index (χ2n) is 4.89. The molecule has 90 valence electrons. The summed E-state index contributed by atoms with van der Waals surface area (Å²) in [5, 5.41) is 0.895. The van der Waals surface area contributed by atoms with Gasteiger partial charge in [0.05, 0.1) is 18.3 Å². The Balaban J connectivity index is 2.57. The van der Waals surface area contributed by atoms with E-state index in [1.807, 2.05) is 0 Å². The number of hydrogen-bond acceptors (Lipinski definition) is 3. The minimum absolute atomic E-state index is 0.0569. The molecule has 0 bridgehead atoms. The number of nitrogens with zero attached hydrogens (tertiary/aromatic N) is 1. The zero-order valence-electron chi connectivity index (χ0n) is 10.1. The lowest BCUT2D eigenvalue weighted by Gasteiger charge is -2.44. The highest BCUT2D eigenvalue weighted by Gasteiger charge is 2.34. The molecule has 4 heteroatoms. The maximum atomic E-state index is 5.95. The van der Waals surface area contributed by atoms with E-state index in [9.17, 15) is 0 Å². The largest absolute Gasteiger partial charge is 0.383 e. The molecule has 15 heavy (non-hydrogen) atoms. The van der Waals surface area contributed by atoms with Crippen molar-refractivity contribution in [1.29, 1.82) is 0 Å². The van der Waals surface area contributed by atoms with Crippen molar-refractivity contribution in [3.63, 3.8) is 0 Å². The molecule has 1 aliphatic heterocycles. The standard InChI is InChI=1S/C11H22BrNO2/c1-9(7-14-4)13-6-10(5-12)15-11(2,3)8-13/h9-10H,5-8H2,1-4H3. The van der Waals surface area contributed by atoms with Crippen LogP contribution in [0.3, 0.4) is 0 Å². The molecule has 3 nitrogen and oxygen atoms in total. The molecular formula is C11H22BrNO2. The Morgan fingerprint density at radius 3 is 2.80 bits per heavy atom. The molecular weight excluding hydrogens is 258 g/mol. The van der Waals surface area contributed by atoms with Crippen LogP contribution < -0.4 is 0 Å². The molecule has 2 atom stereocenters. The Morgan fingerprint density at radius 2 is 2.27 bits per heavy atom. The van der Waals surface area contributed by atoms with Crippen LogP contribution >= 0.6 is 15.9 Å². The number of alkyl halides is 1. The van der Waals surface area contributed by atoms with E-state index in [1.54, 1.807) is 7.11 Å². The number of hydrogen-bond donors (Lipinski definition) is 0. The van der Waals surface area contributed by atoms with Crippen molar-refractivity contribution in [2.75, 3.05) is 32.1 Å². The van der Waals surface area contributed by atoms with Crippen LogP contribution in [-0.2, 0) is 9.47 Å². The average Bonchev–Trinajstić information content (AvgIpc) is 2.15. The monoisotopic (exact) mass is 279 g/mol. The minimum Gasteiger partial charge on any atom is -0.383 e. The van der Waals surface area contributed by atoms with Gasteiger partial charge in [-0.1, -0.05) is 15.9 Å². The van der Waals surface area contributed by atoms with Gasteiger partial charge in [0, 0.05) is 31.6 Å². The van der Waals surface area contributed by atoms with Gasteiger partial charge < -0.3 is 9.47 Å². The summed E-state index contributed by atoms with van der Waals surface area (Å²) < 4.78 is 11.2. The Bertz CT molecular complexity index is 199. The van der Waals surface area contributed by atoms with Gasteiger partial charge >= 0.3 is 0 Å². The van der Waals surface area contributed by atoms with Gasteiger partial charge in [-0.2, -0.15) is 0 Å². The molecule has 1 rings (SSSR count). The molecule has 0 radical (unpaired) electrons. The number of ether oxygens (including phenoxy) is 2. The van der Waals surface area contributed by atoms with Crippen molar-refractivity contribution in [2.45, 2.75) is 38.5 Å². The van der Waals surface area contributed by atoms with Gasteiger partial charge in [0.25, 0.3) is 0 Å². The number of morpholine rings is 1. The van der Waals surface area contributed by atoms with Crippen molar-refractivity contribution in [1.82, 2.24) is 4.90 Å². The third-order valence-corrected chi connectivity index (χ3v) is 3.43. The maximum Gasteiger partial charge on any atom is 0.0806 e. The lowest BCUT2D eigenvalue weighted by atomic mass is 10.0. The Labute approximate surface area is 101 Å². The van der Waals surface area contributed by atoms with Crippen molar-refractivity contribution in [2.24, 2.45) is 0 Å². The van der Waals surface area contributed by atoms with E-state index in [2.05, 4.69) is 41.6 Å². The van der Waals surface area contributed by atoms with Gasteiger partial charge in [-0.05, 0) is 20.8 Å². The second-order valence-corrected chi connectivity index (χ2v) is 5.54. The fourth-order valence-electron chi connectivity index (χ4n) is 2.10. The van der Waals surface area contributed by atoms with E-state index >= 15 is 0 Å². The number of rotatable bonds is 4. The van der Waals surface area contributed by atoms with Crippen molar-refractivity contribution < 1.29 is 9.47 Å². The third-order valence-electron chi connectivity index (χ3n) is 2.71. The zero-order valence-corrected chi connectivity index (χ0v) is 11.7. The number of methoxy groups -OCH3 is 1. The van der Waals surface area contributed by atoms with Crippen molar-refractivity contribution in [3.05, 3.63) is 0 Å². The lowest BCUT2D eigenvalue weighted by molar-refractivity contribution is -0.138. The Morgan fingerprint density at radius 1 is 1.60 bits per heavy atom. The summed E-state index contributed by atoms with van der Waals surface area (Å²) in [6.07, 6.45) is 0.285. The SMILES string of the molecule is COCC(C)N1CC(CBr)OC(C)(C)C1. The van der Waals surface area contributed by atoms with Crippen LogP contribution in [0, 0.1) is 0 Å². The van der Waals surface area contributed by atoms with Gasteiger partial charge in [0.15, 0.2) is 0 Å². The van der Waals surface area contributed by atoms with E-state index in [1.165, 1.54) is 0 Å². The molecule has 0 amide bonds. The molecule has 1 fully saturated rings. The highest BCUT2D eigenvalue weighted by molar-refractivity contribution is 9.09. The summed E-state index contributed by atoms with van der Waals surface area (Å²) in [7, 11) is 1.75. The first kappa shape index (κ1) is 13.4. The molecule has 0 aliphatic carbocycles. The lowest BCUT2D eigenvalue weighted by Crippen LogP contribution is -2.56. The summed E-state index contributed by atoms with van der Waals surface area (Å²) in [6.45, 7) is 9.24. The topological polar surface area (TPSA) is 21.7 Å². The predicted molar refractivity (Wildman–Crippen MR) is 65.7 cm³/mol. The average molecular weight is 280 g/mol. The second kappa shape index (κ2) is 5.62. The van der Waals surface area contributed by atoms with Crippen LogP contribution in [0.2, 0.25) is 0 Å². The molecule has 0 aromatic carbocycles. The van der Waals surface area contributed by atoms with Crippen LogP contribution in [0.4, 0.5) is 0 Å². The molecule has 0 N–H and O–H groups in total. The quantitative estimate of drug-likeness (QED) is 0.734. The molecule has 0 aromatic heterocycles. The van der Waals surface area contributed by atoms with Crippen LogP contribution in [0.5, 0.6) is 0 Å². The van der Waals surface area contributed by atoms with Crippen LogP contribution in [0.25, 0.3) is 0 Å². The normalized spacial score (nSPS) is 29.0. The van der Waals surface area contributed by atoms with Crippen molar-refractivity contribution in [3.8, 4) is 0 Å². The van der Waals surface area contributed by atoms with Gasteiger partial charge in [-0.15, -0.1) is 0 Å². The summed E-state index contributed by atoms with van der Waals surface area (Å²) in [4.78, 5) is 2.44. The predicted octanol–water partition coefficient (Wildman–Crippen LogP) is 1.90. The van der Waals surface area contributed by atoms with Crippen molar-refractivity contribution >= 4 is 15.9 Å². The van der Waals surface area contributed by atoms with E-state index in [-0.39, 0.29) is 11.7 Å². The molecule has 1 saturated heterocycles. The fourth-order valence-corrected chi connectivity index (χ4v) is 2.44. The summed E-state index contributed by atoms with van der Waals surface area (Å²) in [5.74, 6) is 0. The molecule has 0 aromatic rings. The fraction of sp³-hybridized carbons (Fsp3) is 1.00. The Hall–Kier alpha value is 0.360. The van der Waals surface area contributed by atoms with E-state index in [0.717, 1.165) is 25.0 Å². The number of halogens is 1. The van der Waals surface area contributed by atoms with E-state index in [0.29, 0.717) is 6.04 Å². The Kier molecular flexibility index (Phi) is 5.03. The van der Waals surface area contributed by atoms with Gasteiger partial charge in [-0.25, -0.2) is 0 Å². The van der Waals surface area contributed by atoms with E-state index in [4.69, 9.17) is 9.47 Å². The first-order chi connectivity index (χ1) is 6.98. The maximum absolute atomic E-state index is 5.95. The molecule has 0 saturated carbocycles. The highest BCUT2D eigenvalue weighted by Crippen LogP contribution is 2.23. The highest BCUT2D eigenvalue weighted by atomic mass is 79.9. The molecule has 1 heterocycles. The third kappa shape index (κ3) is 4.02. The first-order valence-electron chi connectivity index (χ1n) is 5.45. The van der Waals surface area contributed by atoms with Gasteiger partial charge in [-0.3, -0.25) is 4.90 Å². The van der Waals surface area contributed by atoms with Gasteiger partial charge in [0.1, 0.15) is 0 Å². The van der Waals surface area contributed by atoms with Crippen LogP contribution in [-0.4, -0.2) is 54.8 Å². The molecule has 1 aliphatic rings. The van der Waals surface area contributed by atoms with Crippen LogP contribution in [0.1, 0.15) is 20.8 Å². The van der Waals surface area contributed by atoms with Crippen LogP contribution in [0.15, 0.2) is 0 Å². The van der Waals surface area contributed by atoms with Gasteiger partial charge in [0.2, 0.25) is 0 Å². The summed E-state index contributed by atoms with van der Waals surface area (Å²) >= 11 is 3.50. The summed E-state index contributed by atoms with van der Waals surface area (Å²) in [6, 6.07) is 0.458. The minimum atomic E-state index is -0.0569. The molecule has 2 unspecified atom stereocenters. The smallest absolute Gasteiger partial charge is 0.0806 e. The summed E-state index contributed by atoms with van der Waals surface area (Å²) in [5.41, 5.74) is -0.0569. The zero-order chi connectivity index (χ0) is 11.5. The molecule has 0 spiro atoms.